The van der Waals surface area contributed by atoms with Gasteiger partial charge in [0.05, 0.1) is 12.6 Å². The van der Waals surface area contributed by atoms with Crippen LogP contribution in [0.25, 0.3) is 0 Å². The Morgan fingerprint density at radius 1 is 0.969 bits per heavy atom. The summed E-state index contributed by atoms with van der Waals surface area (Å²) in [7, 11) is 3.64. The lowest BCUT2D eigenvalue weighted by Gasteiger charge is -2.19. The molecule has 2 rings (SSSR count). The van der Waals surface area contributed by atoms with Gasteiger partial charge in [0.2, 0.25) is 5.91 Å². The van der Waals surface area contributed by atoms with Gasteiger partial charge >= 0.3 is 0 Å². The summed E-state index contributed by atoms with van der Waals surface area (Å²) in [5, 5.41) is 23.8. The highest BCUT2D eigenvalue weighted by Crippen LogP contribution is 2.10. The third-order valence-electron chi connectivity index (χ3n) is 4.40. The lowest BCUT2D eigenvalue weighted by atomic mass is 10.1. The Labute approximate surface area is 187 Å². The summed E-state index contributed by atoms with van der Waals surface area (Å²) in [6.07, 6.45) is -1.13. The van der Waals surface area contributed by atoms with Crippen LogP contribution in [-0.4, -0.2) is 72.1 Å². The van der Waals surface area contributed by atoms with Gasteiger partial charge in [-0.05, 0) is 69.6 Å². The van der Waals surface area contributed by atoms with E-state index >= 15 is 0 Å². The Morgan fingerprint density at radius 2 is 1.50 bits per heavy atom. The standard InChI is InChI=1S/C24H27N3O5/c1-16(29)23(21(30)15-28)26-24(32)19-10-6-17(7-11-19)4-5-18-8-12-20(13-9-18)25-22(31)14-27(2)3/h6-13,16,23,28-29H,14-15H2,1-3H3,(H,25,31)(H,26,32)/t16-,23+/m1/s1. The third kappa shape index (κ3) is 7.63. The molecule has 0 spiro atoms. The maximum Gasteiger partial charge on any atom is 0.251 e. The van der Waals surface area contributed by atoms with Gasteiger partial charge < -0.3 is 25.7 Å². The zero-order valence-electron chi connectivity index (χ0n) is 18.3. The molecule has 8 heteroatoms. The summed E-state index contributed by atoms with van der Waals surface area (Å²) < 4.78 is 0. The minimum absolute atomic E-state index is 0.0987. The van der Waals surface area contributed by atoms with Gasteiger partial charge in [0, 0.05) is 22.4 Å². The number of carbonyl (C=O) groups excluding carboxylic acids is 3. The van der Waals surface area contributed by atoms with E-state index in [1.54, 1.807) is 53.4 Å². The molecule has 0 unspecified atom stereocenters. The summed E-state index contributed by atoms with van der Waals surface area (Å²) >= 11 is 0. The van der Waals surface area contributed by atoms with Crippen LogP contribution in [0.2, 0.25) is 0 Å². The predicted octanol–water partition coefficient (Wildman–Crippen LogP) is 0.627. The molecule has 2 atom stereocenters. The highest BCUT2D eigenvalue weighted by molar-refractivity contribution is 5.98. The van der Waals surface area contributed by atoms with Crippen LogP contribution >= 0.6 is 0 Å². The van der Waals surface area contributed by atoms with Crippen molar-refractivity contribution in [3.05, 3.63) is 65.2 Å². The topological polar surface area (TPSA) is 119 Å². The van der Waals surface area contributed by atoms with E-state index in [4.69, 9.17) is 5.11 Å². The average Bonchev–Trinajstić information content (AvgIpc) is 2.75. The van der Waals surface area contributed by atoms with Gasteiger partial charge in [-0.3, -0.25) is 14.4 Å². The van der Waals surface area contributed by atoms with Crippen molar-refractivity contribution < 1.29 is 24.6 Å². The minimum Gasteiger partial charge on any atom is -0.391 e. The number of rotatable bonds is 8. The number of Topliss-reactive ketones (excluding diaryl/α,β-unsaturated/α-hetero) is 1. The first-order chi connectivity index (χ1) is 15.2. The molecule has 168 valence electrons. The summed E-state index contributed by atoms with van der Waals surface area (Å²) in [5.41, 5.74) is 2.43. The predicted molar refractivity (Wildman–Crippen MR) is 121 cm³/mol. The molecule has 0 bridgehead atoms. The van der Waals surface area contributed by atoms with Gasteiger partial charge in [0.1, 0.15) is 12.6 Å². The number of hydrogen-bond donors (Lipinski definition) is 4. The molecule has 0 aromatic heterocycles. The van der Waals surface area contributed by atoms with Crippen molar-refractivity contribution >= 4 is 23.3 Å². The van der Waals surface area contributed by atoms with Gasteiger partial charge in [0.25, 0.3) is 5.91 Å². The molecule has 0 radical (unpaired) electrons. The van der Waals surface area contributed by atoms with Crippen LogP contribution in [-0.2, 0) is 9.59 Å². The van der Waals surface area contributed by atoms with Crippen LogP contribution in [0.3, 0.4) is 0 Å². The van der Waals surface area contributed by atoms with E-state index in [1.807, 2.05) is 14.1 Å². The van der Waals surface area contributed by atoms with Gasteiger partial charge in [-0.25, -0.2) is 0 Å². The fourth-order valence-electron chi connectivity index (χ4n) is 2.77. The number of nitrogens with one attached hydrogen (secondary N) is 2. The molecule has 2 aromatic carbocycles. The van der Waals surface area contributed by atoms with E-state index in [0.29, 0.717) is 23.4 Å². The maximum absolute atomic E-state index is 12.3. The zero-order chi connectivity index (χ0) is 23.7. The van der Waals surface area contributed by atoms with Crippen molar-refractivity contribution in [2.24, 2.45) is 0 Å². The fourth-order valence-corrected chi connectivity index (χ4v) is 2.77. The molecular formula is C24H27N3O5. The van der Waals surface area contributed by atoms with Crippen LogP contribution in [0.1, 0.15) is 28.4 Å². The van der Waals surface area contributed by atoms with E-state index in [1.165, 1.54) is 6.92 Å². The molecular weight excluding hydrogens is 410 g/mol. The number of benzene rings is 2. The molecule has 0 aliphatic carbocycles. The quantitative estimate of drug-likeness (QED) is 0.450. The van der Waals surface area contributed by atoms with Gasteiger partial charge in [-0.1, -0.05) is 11.8 Å². The first-order valence-corrected chi connectivity index (χ1v) is 9.99. The Hall–Kier alpha value is -3.51. The number of aliphatic hydroxyl groups excluding tert-OH is 2. The maximum atomic E-state index is 12.3. The number of carbonyl (C=O) groups is 3. The highest BCUT2D eigenvalue weighted by Gasteiger charge is 2.25. The first-order valence-electron chi connectivity index (χ1n) is 9.99. The van der Waals surface area contributed by atoms with E-state index in [-0.39, 0.29) is 5.91 Å². The summed E-state index contributed by atoms with van der Waals surface area (Å²) in [4.78, 5) is 37.5. The van der Waals surface area contributed by atoms with Crippen molar-refractivity contribution in [3.63, 3.8) is 0 Å². The molecule has 32 heavy (non-hydrogen) atoms. The van der Waals surface area contributed by atoms with Crippen LogP contribution in [0.4, 0.5) is 5.69 Å². The number of likely N-dealkylation sites (N-methyl/N-ethyl adjacent to an activating group) is 1. The fraction of sp³-hybridized carbons (Fsp3) is 0.292. The summed E-state index contributed by atoms with van der Waals surface area (Å²) in [5.74, 6) is 4.71. The molecule has 0 saturated carbocycles. The molecule has 0 saturated heterocycles. The lowest BCUT2D eigenvalue weighted by molar-refractivity contribution is -0.126. The Morgan fingerprint density at radius 3 is 1.97 bits per heavy atom. The van der Waals surface area contributed by atoms with Crippen molar-refractivity contribution in [2.45, 2.75) is 19.1 Å². The van der Waals surface area contributed by atoms with E-state index < -0.39 is 30.4 Å². The second kappa shape index (κ2) is 11.8. The molecule has 8 nitrogen and oxygen atoms in total. The van der Waals surface area contributed by atoms with Crippen LogP contribution in [0.5, 0.6) is 0 Å². The van der Waals surface area contributed by atoms with Crippen molar-refractivity contribution in [1.82, 2.24) is 10.2 Å². The number of anilines is 1. The smallest absolute Gasteiger partial charge is 0.251 e. The lowest BCUT2D eigenvalue weighted by Crippen LogP contribution is -2.48. The van der Waals surface area contributed by atoms with Crippen molar-refractivity contribution in [2.75, 3.05) is 32.6 Å². The van der Waals surface area contributed by atoms with Gasteiger partial charge in [-0.2, -0.15) is 0 Å². The van der Waals surface area contributed by atoms with E-state index in [9.17, 15) is 19.5 Å². The molecule has 2 aromatic rings. The minimum atomic E-state index is -1.18. The zero-order valence-corrected chi connectivity index (χ0v) is 18.3. The molecule has 0 fully saturated rings. The molecule has 4 N–H and O–H groups in total. The second-order valence-corrected chi connectivity index (χ2v) is 7.51. The molecule has 0 aliphatic rings. The summed E-state index contributed by atoms with van der Waals surface area (Å²) in [6, 6.07) is 12.4. The Bertz CT molecular complexity index is 1000. The summed E-state index contributed by atoms with van der Waals surface area (Å²) in [6.45, 7) is 0.891. The number of ketones is 1. The molecule has 2 amide bonds. The highest BCUT2D eigenvalue weighted by atomic mass is 16.3. The Balaban J connectivity index is 2.00. The number of nitrogens with zero attached hydrogens (tertiary/aromatic N) is 1. The van der Waals surface area contributed by atoms with Crippen LogP contribution in [0.15, 0.2) is 48.5 Å². The third-order valence-corrected chi connectivity index (χ3v) is 4.40. The first kappa shape index (κ1) is 24.8. The van der Waals surface area contributed by atoms with Crippen molar-refractivity contribution in [3.8, 4) is 11.8 Å². The normalized spacial score (nSPS) is 12.3. The number of aliphatic hydroxyl groups is 2. The van der Waals surface area contributed by atoms with Crippen LogP contribution < -0.4 is 10.6 Å². The monoisotopic (exact) mass is 437 g/mol. The van der Waals surface area contributed by atoms with Gasteiger partial charge in [0.15, 0.2) is 5.78 Å². The SMILES string of the molecule is C[C@@H](O)[C@H](NC(=O)c1ccc(C#Cc2ccc(NC(=O)CN(C)C)cc2)cc1)C(=O)CO. The van der Waals surface area contributed by atoms with Gasteiger partial charge in [-0.15, -0.1) is 0 Å². The van der Waals surface area contributed by atoms with Crippen molar-refractivity contribution in [1.29, 1.82) is 0 Å². The Kier molecular flexibility index (Phi) is 9.10. The largest absolute Gasteiger partial charge is 0.391 e. The number of amides is 2. The van der Waals surface area contributed by atoms with E-state index in [0.717, 1.165) is 5.56 Å². The van der Waals surface area contributed by atoms with E-state index in [2.05, 4.69) is 22.5 Å². The molecule has 0 heterocycles. The number of hydrogen-bond acceptors (Lipinski definition) is 6. The second-order valence-electron chi connectivity index (χ2n) is 7.51. The average molecular weight is 437 g/mol. The molecule has 0 aliphatic heterocycles. The van der Waals surface area contributed by atoms with Crippen LogP contribution in [0, 0.1) is 11.8 Å².